The van der Waals surface area contributed by atoms with E-state index in [1.54, 1.807) is 13.3 Å². The van der Waals surface area contributed by atoms with E-state index in [0.717, 1.165) is 23.6 Å². The van der Waals surface area contributed by atoms with E-state index in [-0.39, 0.29) is 0 Å². The monoisotopic (exact) mass is 209 g/mol. The van der Waals surface area contributed by atoms with Crippen LogP contribution in [0.25, 0.3) is 0 Å². The second-order valence-electron chi connectivity index (χ2n) is 3.63. The molecule has 0 aliphatic rings. The molecule has 1 unspecified atom stereocenters. The van der Waals surface area contributed by atoms with Crippen molar-refractivity contribution < 1.29 is 4.74 Å². The molecule has 0 fully saturated rings. The van der Waals surface area contributed by atoms with E-state index in [1.807, 2.05) is 13.8 Å². The topological polar surface area (TPSA) is 47.0 Å². The van der Waals surface area contributed by atoms with Gasteiger partial charge in [-0.15, -0.1) is 0 Å². The van der Waals surface area contributed by atoms with E-state index >= 15 is 0 Å². The highest BCUT2D eigenvalue weighted by Gasteiger charge is 2.07. The zero-order valence-corrected chi connectivity index (χ0v) is 9.87. The Morgan fingerprint density at radius 1 is 1.40 bits per heavy atom. The molecular formula is C11H19N3O. The third-order valence-corrected chi connectivity index (χ3v) is 2.40. The Labute approximate surface area is 91.1 Å². The molecule has 84 valence electrons. The molecular weight excluding hydrogens is 190 g/mol. The number of nitrogens with zero attached hydrogens (tertiary/aromatic N) is 2. The molecule has 1 aromatic heterocycles. The molecule has 0 aliphatic carbocycles. The van der Waals surface area contributed by atoms with Crippen molar-refractivity contribution >= 4 is 5.82 Å². The SMILES string of the molecule is CCC(COC)Nc1cnc(C)c(C)n1. The molecule has 0 radical (unpaired) electrons. The molecule has 1 heterocycles. The normalized spacial score (nSPS) is 12.5. The zero-order chi connectivity index (χ0) is 11.3. The number of hydrogen-bond acceptors (Lipinski definition) is 4. The largest absolute Gasteiger partial charge is 0.383 e. The molecule has 0 amide bonds. The first-order valence-electron chi connectivity index (χ1n) is 5.23. The molecule has 1 aromatic rings. The fraction of sp³-hybridized carbons (Fsp3) is 0.636. The van der Waals surface area contributed by atoms with Crippen molar-refractivity contribution in [3.8, 4) is 0 Å². The van der Waals surface area contributed by atoms with Crippen LogP contribution < -0.4 is 5.32 Å². The fourth-order valence-corrected chi connectivity index (χ4v) is 1.28. The smallest absolute Gasteiger partial charge is 0.145 e. The lowest BCUT2D eigenvalue weighted by Gasteiger charge is -2.16. The summed E-state index contributed by atoms with van der Waals surface area (Å²) in [7, 11) is 1.70. The van der Waals surface area contributed by atoms with Crippen LogP contribution in [0.5, 0.6) is 0 Å². The quantitative estimate of drug-likeness (QED) is 0.805. The van der Waals surface area contributed by atoms with Crippen molar-refractivity contribution in [2.75, 3.05) is 19.0 Å². The number of anilines is 1. The maximum Gasteiger partial charge on any atom is 0.145 e. The molecule has 0 saturated heterocycles. The van der Waals surface area contributed by atoms with Gasteiger partial charge in [-0.3, -0.25) is 4.98 Å². The predicted molar refractivity (Wildman–Crippen MR) is 61.1 cm³/mol. The second-order valence-corrected chi connectivity index (χ2v) is 3.63. The van der Waals surface area contributed by atoms with E-state index in [1.165, 1.54) is 0 Å². The number of ether oxygens (including phenoxy) is 1. The van der Waals surface area contributed by atoms with Gasteiger partial charge >= 0.3 is 0 Å². The summed E-state index contributed by atoms with van der Waals surface area (Å²) in [6, 6.07) is 0.298. The Kier molecular flexibility index (Phi) is 4.49. The first kappa shape index (κ1) is 11.9. The Morgan fingerprint density at radius 3 is 2.67 bits per heavy atom. The molecule has 0 aromatic carbocycles. The van der Waals surface area contributed by atoms with Crippen LogP contribution in [0, 0.1) is 13.8 Å². The number of aromatic nitrogens is 2. The van der Waals surface area contributed by atoms with E-state index in [4.69, 9.17) is 4.74 Å². The third-order valence-electron chi connectivity index (χ3n) is 2.40. The van der Waals surface area contributed by atoms with Crippen LogP contribution in [0.15, 0.2) is 6.20 Å². The minimum atomic E-state index is 0.298. The summed E-state index contributed by atoms with van der Waals surface area (Å²) in [6.45, 7) is 6.72. The minimum absolute atomic E-state index is 0.298. The average molecular weight is 209 g/mol. The molecule has 0 aliphatic heterocycles. The van der Waals surface area contributed by atoms with Gasteiger partial charge in [0.2, 0.25) is 0 Å². The summed E-state index contributed by atoms with van der Waals surface area (Å²) in [6.07, 6.45) is 2.77. The standard InChI is InChI=1S/C11H19N3O/c1-5-10(7-15-4)14-11-6-12-8(2)9(3)13-11/h6,10H,5,7H2,1-4H3,(H,13,14). The van der Waals surface area contributed by atoms with Gasteiger partial charge < -0.3 is 10.1 Å². The molecule has 4 heteroatoms. The zero-order valence-electron chi connectivity index (χ0n) is 9.87. The molecule has 1 N–H and O–H groups in total. The molecule has 0 bridgehead atoms. The highest BCUT2D eigenvalue weighted by molar-refractivity contribution is 5.34. The second kappa shape index (κ2) is 5.66. The Balaban J connectivity index is 2.66. The summed E-state index contributed by atoms with van der Waals surface area (Å²) in [4.78, 5) is 8.67. The highest BCUT2D eigenvalue weighted by atomic mass is 16.5. The highest BCUT2D eigenvalue weighted by Crippen LogP contribution is 2.08. The van der Waals surface area contributed by atoms with Gasteiger partial charge in [-0.1, -0.05) is 6.92 Å². The van der Waals surface area contributed by atoms with Gasteiger partial charge in [0.05, 0.1) is 30.2 Å². The summed E-state index contributed by atoms with van der Waals surface area (Å²) >= 11 is 0. The average Bonchev–Trinajstić information content (AvgIpc) is 2.23. The fourth-order valence-electron chi connectivity index (χ4n) is 1.28. The molecule has 4 nitrogen and oxygen atoms in total. The third kappa shape index (κ3) is 3.47. The van der Waals surface area contributed by atoms with Gasteiger partial charge in [-0.2, -0.15) is 0 Å². The van der Waals surface area contributed by atoms with Gasteiger partial charge in [-0.05, 0) is 20.3 Å². The van der Waals surface area contributed by atoms with Gasteiger partial charge in [0, 0.05) is 7.11 Å². The van der Waals surface area contributed by atoms with Crippen molar-refractivity contribution in [1.29, 1.82) is 0 Å². The number of rotatable bonds is 5. The summed E-state index contributed by atoms with van der Waals surface area (Å²) in [5.74, 6) is 0.821. The van der Waals surface area contributed by atoms with Crippen molar-refractivity contribution in [3.63, 3.8) is 0 Å². The Hall–Kier alpha value is -1.16. The van der Waals surface area contributed by atoms with E-state index < -0.39 is 0 Å². The van der Waals surface area contributed by atoms with Crippen LogP contribution in [0.3, 0.4) is 0 Å². The number of nitrogens with one attached hydrogen (secondary N) is 1. The maximum atomic E-state index is 5.11. The van der Waals surface area contributed by atoms with Crippen LogP contribution in [0.1, 0.15) is 24.7 Å². The van der Waals surface area contributed by atoms with E-state index in [0.29, 0.717) is 12.6 Å². The molecule has 1 rings (SSSR count). The van der Waals surface area contributed by atoms with Gasteiger partial charge in [0.15, 0.2) is 0 Å². The lowest BCUT2D eigenvalue weighted by atomic mass is 10.2. The lowest BCUT2D eigenvalue weighted by molar-refractivity contribution is 0.184. The summed E-state index contributed by atoms with van der Waals surface area (Å²) < 4.78 is 5.11. The Morgan fingerprint density at radius 2 is 2.13 bits per heavy atom. The molecule has 0 spiro atoms. The number of aryl methyl sites for hydroxylation is 2. The first-order valence-corrected chi connectivity index (χ1v) is 5.23. The van der Waals surface area contributed by atoms with Gasteiger partial charge in [-0.25, -0.2) is 4.98 Å². The van der Waals surface area contributed by atoms with Crippen molar-refractivity contribution in [3.05, 3.63) is 17.6 Å². The molecule has 15 heavy (non-hydrogen) atoms. The minimum Gasteiger partial charge on any atom is -0.383 e. The van der Waals surface area contributed by atoms with E-state index in [2.05, 4.69) is 22.2 Å². The molecule has 0 saturated carbocycles. The molecule has 1 atom stereocenters. The van der Waals surface area contributed by atoms with Crippen molar-refractivity contribution in [2.45, 2.75) is 33.2 Å². The van der Waals surface area contributed by atoms with Gasteiger partial charge in [0.1, 0.15) is 5.82 Å². The van der Waals surface area contributed by atoms with Gasteiger partial charge in [0.25, 0.3) is 0 Å². The first-order chi connectivity index (χ1) is 7.17. The van der Waals surface area contributed by atoms with Crippen LogP contribution in [0.2, 0.25) is 0 Å². The maximum absolute atomic E-state index is 5.11. The Bertz CT molecular complexity index is 315. The van der Waals surface area contributed by atoms with Crippen molar-refractivity contribution in [2.24, 2.45) is 0 Å². The van der Waals surface area contributed by atoms with Crippen LogP contribution in [-0.4, -0.2) is 29.7 Å². The lowest BCUT2D eigenvalue weighted by Crippen LogP contribution is -2.24. The summed E-state index contributed by atoms with van der Waals surface area (Å²) in [5.41, 5.74) is 1.94. The van der Waals surface area contributed by atoms with Crippen molar-refractivity contribution in [1.82, 2.24) is 9.97 Å². The number of hydrogen-bond donors (Lipinski definition) is 1. The number of methoxy groups -OCH3 is 1. The van der Waals surface area contributed by atoms with E-state index in [9.17, 15) is 0 Å². The van der Waals surface area contributed by atoms with Crippen LogP contribution >= 0.6 is 0 Å². The summed E-state index contributed by atoms with van der Waals surface area (Å²) in [5, 5.41) is 3.30. The van der Waals surface area contributed by atoms with Crippen LogP contribution in [0.4, 0.5) is 5.82 Å². The predicted octanol–water partition coefficient (Wildman–Crippen LogP) is 1.93. The van der Waals surface area contributed by atoms with Crippen LogP contribution in [-0.2, 0) is 4.74 Å².